The van der Waals surface area contributed by atoms with Crippen LogP contribution in [0.25, 0.3) is 0 Å². The van der Waals surface area contributed by atoms with Gasteiger partial charge in [-0.2, -0.15) is 4.99 Å². The van der Waals surface area contributed by atoms with Crippen molar-refractivity contribution < 1.29 is 0 Å². The van der Waals surface area contributed by atoms with Gasteiger partial charge >= 0.3 is 0 Å². The summed E-state index contributed by atoms with van der Waals surface area (Å²) in [4.78, 5) is 9.20. The molecule has 0 aromatic heterocycles. The number of anilines is 1. The van der Waals surface area contributed by atoms with E-state index in [0.717, 1.165) is 17.3 Å². The standard InChI is InChI=1S/C10H12N4S/c1-12-10(11)14-9-6-15-8-5-3-2-4-7(8)13-9/h2-5H,6H2,1H3,(H3,11,12,13,14). The lowest BCUT2D eigenvalue weighted by Crippen LogP contribution is -2.23. The largest absolute Gasteiger partial charge is 0.368 e. The molecule has 5 heteroatoms. The van der Waals surface area contributed by atoms with E-state index in [-0.39, 0.29) is 0 Å². The van der Waals surface area contributed by atoms with E-state index in [0.29, 0.717) is 5.96 Å². The third-order valence-corrected chi connectivity index (χ3v) is 3.09. The molecule has 0 aliphatic carbocycles. The maximum absolute atomic E-state index is 5.54. The second-order valence-electron chi connectivity index (χ2n) is 3.05. The molecule has 1 aliphatic heterocycles. The minimum Gasteiger partial charge on any atom is -0.368 e. The highest BCUT2D eigenvalue weighted by atomic mass is 32.2. The Bertz CT molecular complexity index is 425. The van der Waals surface area contributed by atoms with E-state index in [1.165, 1.54) is 4.90 Å². The summed E-state index contributed by atoms with van der Waals surface area (Å²) in [5.41, 5.74) is 6.62. The van der Waals surface area contributed by atoms with Crippen LogP contribution in [-0.4, -0.2) is 24.6 Å². The summed E-state index contributed by atoms with van der Waals surface area (Å²) in [6.07, 6.45) is 0. The number of hydrogen-bond donors (Lipinski definition) is 2. The lowest BCUT2D eigenvalue weighted by Gasteiger charge is -2.18. The normalized spacial score (nSPS) is 18.5. The minimum absolute atomic E-state index is 0.303. The summed E-state index contributed by atoms with van der Waals surface area (Å²) >= 11 is 1.75. The van der Waals surface area contributed by atoms with Gasteiger partial charge in [0.1, 0.15) is 5.84 Å². The highest BCUT2D eigenvalue weighted by Gasteiger charge is 2.12. The van der Waals surface area contributed by atoms with Crippen LogP contribution in [0, 0.1) is 0 Å². The number of nitrogens with one attached hydrogen (secondary N) is 1. The van der Waals surface area contributed by atoms with Gasteiger partial charge in [-0.3, -0.25) is 4.99 Å². The van der Waals surface area contributed by atoms with Crippen LogP contribution in [0.3, 0.4) is 0 Å². The van der Waals surface area contributed by atoms with Gasteiger partial charge in [0.25, 0.3) is 0 Å². The molecule has 0 spiro atoms. The van der Waals surface area contributed by atoms with Crippen molar-refractivity contribution in [2.24, 2.45) is 15.7 Å². The van der Waals surface area contributed by atoms with Crippen molar-refractivity contribution in [1.82, 2.24) is 0 Å². The van der Waals surface area contributed by atoms with E-state index >= 15 is 0 Å². The van der Waals surface area contributed by atoms with Crippen molar-refractivity contribution in [3.8, 4) is 0 Å². The molecule has 78 valence electrons. The number of benzene rings is 1. The number of guanidine groups is 1. The first-order valence-electron chi connectivity index (χ1n) is 4.58. The molecule has 0 fully saturated rings. The quantitative estimate of drug-likeness (QED) is 0.515. The van der Waals surface area contributed by atoms with Crippen LogP contribution < -0.4 is 11.1 Å². The highest BCUT2D eigenvalue weighted by Crippen LogP contribution is 2.30. The van der Waals surface area contributed by atoms with Crippen molar-refractivity contribution >= 4 is 29.2 Å². The zero-order chi connectivity index (χ0) is 10.7. The van der Waals surface area contributed by atoms with E-state index < -0.39 is 0 Å². The molecule has 1 heterocycles. The Kier molecular flexibility index (Phi) is 2.91. The molecule has 0 saturated heterocycles. The lowest BCUT2D eigenvalue weighted by molar-refractivity contribution is 1.33. The molecule has 0 unspecified atom stereocenters. The van der Waals surface area contributed by atoms with E-state index in [9.17, 15) is 0 Å². The summed E-state index contributed by atoms with van der Waals surface area (Å²) in [5, 5.41) is 3.23. The summed E-state index contributed by atoms with van der Waals surface area (Å²) in [6.45, 7) is 0. The Morgan fingerprint density at radius 1 is 1.47 bits per heavy atom. The Labute approximate surface area is 92.7 Å². The zero-order valence-corrected chi connectivity index (χ0v) is 9.21. The number of amidine groups is 1. The molecule has 4 nitrogen and oxygen atoms in total. The van der Waals surface area contributed by atoms with Gasteiger partial charge in [0.15, 0.2) is 0 Å². The molecule has 0 radical (unpaired) electrons. The molecule has 0 amide bonds. The van der Waals surface area contributed by atoms with Crippen LogP contribution in [0.4, 0.5) is 5.69 Å². The van der Waals surface area contributed by atoms with E-state index in [1.807, 2.05) is 18.2 Å². The molecule has 0 bridgehead atoms. The first kappa shape index (κ1) is 10.0. The average molecular weight is 220 g/mol. The van der Waals surface area contributed by atoms with Crippen LogP contribution in [0.15, 0.2) is 39.1 Å². The van der Waals surface area contributed by atoms with E-state index in [4.69, 9.17) is 5.73 Å². The Hall–Kier alpha value is -1.49. The van der Waals surface area contributed by atoms with Gasteiger partial charge in [-0.15, -0.1) is 11.8 Å². The first-order valence-corrected chi connectivity index (χ1v) is 5.57. The van der Waals surface area contributed by atoms with Gasteiger partial charge in [-0.25, -0.2) is 0 Å². The predicted molar refractivity (Wildman–Crippen MR) is 65.8 cm³/mol. The summed E-state index contributed by atoms with van der Waals surface area (Å²) in [5.74, 6) is 1.95. The van der Waals surface area contributed by atoms with Gasteiger partial charge in [0, 0.05) is 11.9 Å². The molecule has 3 N–H and O–H groups in total. The van der Waals surface area contributed by atoms with Crippen molar-refractivity contribution in [2.45, 2.75) is 4.90 Å². The Balaban J connectivity index is 2.22. The number of nitrogens with two attached hydrogens (primary N) is 1. The third-order valence-electron chi connectivity index (χ3n) is 2.01. The smallest absolute Gasteiger partial charge is 0.216 e. The molecule has 1 aromatic rings. The maximum Gasteiger partial charge on any atom is 0.216 e. The molecule has 0 saturated carbocycles. The van der Waals surface area contributed by atoms with Crippen LogP contribution >= 0.6 is 11.8 Å². The van der Waals surface area contributed by atoms with Gasteiger partial charge in [0.2, 0.25) is 5.96 Å². The zero-order valence-electron chi connectivity index (χ0n) is 8.40. The lowest BCUT2D eigenvalue weighted by atomic mass is 10.3. The summed E-state index contributed by atoms with van der Waals surface area (Å²) in [6, 6.07) is 8.13. The monoisotopic (exact) mass is 220 g/mol. The van der Waals surface area contributed by atoms with Crippen molar-refractivity contribution in [2.75, 3.05) is 18.1 Å². The second-order valence-corrected chi connectivity index (χ2v) is 4.07. The van der Waals surface area contributed by atoms with Crippen LogP contribution in [0.2, 0.25) is 0 Å². The van der Waals surface area contributed by atoms with E-state index in [2.05, 4.69) is 21.4 Å². The fraction of sp³-hybridized carbons (Fsp3) is 0.200. The summed E-state index contributed by atoms with van der Waals surface area (Å²) < 4.78 is 0. The number of para-hydroxylation sites is 1. The van der Waals surface area contributed by atoms with Crippen molar-refractivity contribution in [3.63, 3.8) is 0 Å². The molecular weight excluding hydrogens is 208 g/mol. The summed E-state index contributed by atoms with van der Waals surface area (Å²) in [7, 11) is 1.63. The Morgan fingerprint density at radius 3 is 3.07 bits per heavy atom. The van der Waals surface area contributed by atoms with Gasteiger partial charge in [-0.1, -0.05) is 12.1 Å². The van der Waals surface area contributed by atoms with Crippen LogP contribution in [-0.2, 0) is 0 Å². The minimum atomic E-state index is 0.303. The predicted octanol–water partition coefficient (Wildman–Crippen LogP) is 1.55. The number of rotatable bonds is 0. The van der Waals surface area contributed by atoms with Crippen LogP contribution in [0.5, 0.6) is 0 Å². The van der Waals surface area contributed by atoms with E-state index in [1.54, 1.807) is 18.8 Å². The Morgan fingerprint density at radius 2 is 2.27 bits per heavy atom. The van der Waals surface area contributed by atoms with Crippen molar-refractivity contribution in [1.29, 1.82) is 0 Å². The fourth-order valence-corrected chi connectivity index (χ4v) is 2.16. The molecule has 15 heavy (non-hydrogen) atoms. The number of nitrogens with zero attached hydrogens (tertiary/aromatic N) is 2. The average Bonchev–Trinajstić information content (AvgIpc) is 2.29. The van der Waals surface area contributed by atoms with Crippen molar-refractivity contribution in [3.05, 3.63) is 24.3 Å². The molecule has 0 atom stereocenters. The second kappa shape index (κ2) is 4.35. The number of hydrogen-bond acceptors (Lipinski definition) is 2. The van der Waals surface area contributed by atoms with Gasteiger partial charge in [-0.05, 0) is 12.1 Å². The SMILES string of the molecule is CN=C(N)/N=C1\CSc2ccccc2N1. The highest BCUT2D eigenvalue weighted by molar-refractivity contribution is 8.00. The number of aliphatic imine (C=N–C) groups is 2. The number of fused-ring (bicyclic) bond motifs is 1. The molecule has 2 rings (SSSR count). The van der Waals surface area contributed by atoms with Gasteiger partial charge < -0.3 is 11.1 Å². The molecule has 1 aromatic carbocycles. The topological polar surface area (TPSA) is 62.8 Å². The molecular formula is C10H12N4S. The van der Waals surface area contributed by atoms with Crippen LogP contribution in [0.1, 0.15) is 0 Å². The maximum atomic E-state index is 5.54. The van der Waals surface area contributed by atoms with Gasteiger partial charge in [0.05, 0.1) is 11.4 Å². The molecule has 1 aliphatic rings. The third kappa shape index (κ3) is 2.30. The number of thioether (sulfide) groups is 1. The fourth-order valence-electron chi connectivity index (χ4n) is 1.28. The first-order chi connectivity index (χ1) is 7.29.